The summed E-state index contributed by atoms with van der Waals surface area (Å²) in [6.45, 7) is 4.69. The minimum absolute atomic E-state index is 0.106. The molecular formula is C12H21FN4OS. The molecule has 108 valence electrons. The Hall–Kier alpha value is -1.08. The van der Waals surface area contributed by atoms with Gasteiger partial charge in [-0.2, -0.15) is 16.7 Å². The van der Waals surface area contributed by atoms with E-state index in [0.29, 0.717) is 11.7 Å². The van der Waals surface area contributed by atoms with Crippen LogP contribution in [0.5, 0.6) is 0 Å². The number of nitrogens with zero attached hydrogens (tertiary/aromatic N) is 2. The fraction of sp³-hybridized carbons (Fsp3) is 0.667. The van der Waals surface area contributed by atoms with Crippen LogP contribution in [0.3, 0.4) is 0 Å². The molecule has 0 amide bonds. The molecule has 0 radical (unpaired) electrons. The summed E-state index contributed by atoms with van der Waals surface area (Å²) in [7, 11) is 0. The van der Waals surface area contributed by atoms with Gasteiger partial charge in [0.05, 0.1) is 11.8 Å². The van der Waals surface area contributed by atoms with E-state index < -0.39 is 11.4 Å². The van der Waals surface area contributed by atoms with E-state index in [-0.39, 0.29) is 12.4 Å². The van der Waals surface area contributed by atoms with Gasteiger partial charge < -0.3 is 15.7 Å². The molecule has 19 heavy (non-hydrogen) atoms. The Balaban J connectivity index is 2.66. The Morgan fingerprint density at radius 1 is 1.47 bits per heavy atom. The second kappa shape index (κ2) is 7.49. The predicted molar refractivity (Wildman–Crippen MR) is 78.3 cm³/mol. The van der Waals surface area contributed by atoms with Gasteiger partial charge in [-0.05, 0) is 19.6 Å². The minimum Gasteiger partial charge on any atom is -0.387 e. The third-order valence-electron chi connectivity index (χ3n) is 2.37. The van der Waals surface area contributed by atoms with E-state index in [1.165, 1.54) is 11.8 Å². The van der Waals surface area contributed by atoms with Crippen molar-refractivity contribution in [2.45, 2.75) is 25.9 Å². The summed E-state index contributed by atoms with van der Waals surface area (Å²) in [5.74, 6) is 0.528. The van der Waals surface area contributed by atoms with Crippen molar-refractivity contribution in [2.24, 2.45) is 0 Å². The number of thioether (sulfide) groups is 1. The predicted octanol–water partition coefficient (Wildman–Crippen LogP) is 1.96. The van der Waals surface area contributed by atoms with Gasteiger partial charge in [-0.1, -0.05) is 6.92 Å². The minimum atomic E-state index is -0.909. The van der Waals surface area contributed by atoms with Gasteiger partial charge in [0.1, 0.15) is 0 Å². The van der Waals surface area contributed by atoms with E-state index in [1.807, 2.05) is 13.2 Å². The Morgan fingerprint density at radius 2 is 2.21 bits per heavy atom. The number of aliphatic hydroxyl groups is 1. The van der Waals surface area contributed by atoms with E-state index in [4.69, 9.17) is 0 Å². The van der Waals surface area contributed by atoms with Crippen LogP contribution < -0.4 is 10.6 Å². The highest BCUT2D eigenvalue weighted by Crippen LogP contribution is 2.15. The van der Waals surface area contributed by atoms with Crippen LogP contribution in [0.2, 0.25) is 0 Å². The number of hydrogen-bond acceptors (Lipinski definition) is 6. The molecule has 0 spiro atoms. The van der Waals surface area contributed by atoms with Crippen LogP contribution in [-0.4, -0.2) is 45.8 Å². The summed E-state index contributed by atoms with van der Waals surface area (Å²) >= 11 is 1.53. The summed E-state index contributed by atoms with van der Waals surface area (Å²) in [5, 5.41) is 15.8. The molecule has 0 aliphatic heterocycles. The first kappa shape index (κ1) is 16.0. The maximum absolute atomic E-state index is 13.6. The summed E-state index contributed by atoms with van der Waals surface area (Å²) in [5.41, 5.74) is -0.909. The van der Waals surface area contributed by atoms with Gasteiger partial charge in [0, 0.05) is 18.8 Å². The normalized spacial score (nSPS) is 13.9. The van der Waals surface area contributed by atoms with Gasteiger partial charge >= 0.3 is 0 Å². The number of anilines is 2. The van der Waals surface area contributed by atoms with Crippen LogP contribution in [0.25, 0.3) is 0 Å². The lowest BCUT2D eigenvalue weighted by Crippen LogP contribution is -2.36. The number of nitrogens with one attached hydrogen (secondary N) is 2. The van der Waals surface area contributed by atoms with Crippen LogP contribution >= 0.6 is 11.8 Å². The van der Waals surface area contributed by atoms with Crippen molar-refractivity contribution in [3.05, 3.63) is 12.0 Å². The van der Waals surface area contributed by atoms with Gasteiger partial charge in [0.25, 0.3) is 0 Å². The molecule has 3 N–H and O–H groups in total. The molecule has 0 aromatic carbocycles. The second-order valence-corrected chi connectivity index (χ2v) is 5.47. The van der Waals surface area contributed by atoms with Crippen molar-refractivity contribution < 1.29 is 9.50 Å². The SMILES string of the molecule is CCCNc1ncc(F)c(NCC(C)(O)CSC)n1. The zero-order chi connectivity index (χ0) is 14.3. The van der Waals surface area contributed by atoms with E-state index in [2.05, 4.69) is 20.6 Å². The molecule has 0 fully saturated rings. The number of rotatable bonds is 8. The molecule has 0 aliphatic rings. The molecule has 0 saturated heterocycles. The quantitative estimate of drug-likeness (QED) is 0.679. The summed E-state index contributed by atoms with van der Waals surface area (Å²) in [6, 6.07) is 0. The highest BCUT2D eigenvalue weighted by Gasteiger charge is 2.20. The third-order valence-corrected chi connectivity index (χ3v) is 3.28. The molecule has 0 bridgehead atoms. The van der Waals surface area contributed by atoms with Crippen molar-refractivity contribution in [2.75, 3.05) is 35.7 Å². The first-order valence-electron chi connectivity index (χ1n) is 6.20. The third kappa shape index (κ3) is 5.61. The molecule has 1 aromatic heterocycles. The number of aromatic nitrogens is 2. The summed E-state index contributed by atoms with van der Waals surface area (Å²) < 4.78 is 13.6. The standard InChI is InChI=1S/C12H21FN4OS/c1-4-5-14-11-15-6-9(13)10(17-11)16-7-12(2,18)8-19-3/h6,18H,4-5,7-8H2,1-3H3,(H2,14,15,16,17). The van der Waals surface area contributed by atoms with E-state index in [1.54, 1.807) is 6.92 Å². The van der Waals surface area contributed by atoms with Gasteiger partial charge in [0.2, 0.25) is 5.95 Å². The lowest BCUT2D eigenvalue weighted by molar-refractivity contribution is 0.0995. The van der Waals surface area contributed by atoms with Crippen molar-refractivity contribution >= 4 is 23.5 Å². The summed E-state index contributed by atoms with van der Waals surface area (Å²) in [6.07, 6.45) is 3.97. The monoisotopic (exact) mass is 288 g/mol. The molecule has 7 heteroatoms. The fourth-order valence-electron chi connectivity index (χ4n) is 1.45. The second-order valence-electron chi connectivity index (χ2n) is 4.60. The molecule has 1 atom stereocenters. The van der Waals surface area contributed by atoms with Gasteiger partial charge in [-0.3, -0.25) is 0 Å². The van der Waals surface area contributed by atoms with Gasteiger partial charge in [0.15, 0.2) is 11.6 Å². The zero-order valence-electron chi connectivity index (χ0n) is 11.5. The van der Waals surface area contributed by atoms with Crippen molar-refractivity contribution in [1.82, 2.24) is 9.97 Å². The largest absolute Gasteiger partial charge is 0.387 e. The zero-order valence-corrected chi connectivity index (χ0v) is 12.4. The molecule has 1 rings (SSSR count). The smallest absolute Gasteiger partial charge is 0.224 e. The van der Waals surface area contributed by atoms with Crippen molar-refractivity contribution in [3.63, 3.8) is 0 Å². The Kier molecular flexibility index (Phi) is 6.30. The highest BCUT2D eigenvalue weighted by atomic mass is 32.2. The Bertz CT molecular complexity index is 403. The topological polar surface area (TPSA) is 70.1 Å². The van der Waals surface area contributed by atoms with Crippen molar-refractivity contribution in [3.8, 4) is 0 Å². The average molecular weight is 288 g/mol. The maximum atomic E-state index is 13.6. The Labute approximate surface area is 117 Å². The number of halogens is 1. The molecule has 0 saturated carbocycles. The highest BCUT2D eigenvalue weighted by molar-refractivity contribution is 7.98. The van der Waals surface area contributed by atoms with Crippen LogP contribution in [0.4, 0.5) is 16.2 Å². The van der Waals surface area contributed by atoms with E-state index in [0.717, 1.165) is 19.2 Å². The average Bonchev–Trinajstić information content (AvgIpc) is 2.36. The first-order valence-corrected chi connectivity index (χ1v) is 7.59. The van der Waals surface area contributed by atoms with Crippen LogP contribution in [0, 0.1) is 5.82 Å². The molecule has 1 aromatic rings. The van der Waals surface area contributed by atoms with E-state index >= 15 is 0 Å². The maximum Gasteiger partial charge on any atom is 0.224 e. The number of hydrogen-bond donors (Lipinski definition) is 3. The molecular weight excluding hydrogens is 267 g/mol. The Morgan fingerprint density at radius 3 is 2.84 bits per heavy atom. The van der Waals surface area contributed by atoms with Gasteiger partial charge in [-0.15, -0.1) is 0 Å². The van der Waals surface area contributed by atoms with Crippen LogP contribution in [0.1, 0.15) is 20.3 Å². The molecule has 1 heterocycles. The molecule has 1 unspecified atom stereocenters. The van der Waals surface area contributed by atoms with E-state index in [9.17, 15) is 9.50 Å². The lowest BCUT2D eigenvalue weighted by Gasteiger charge is -2.23. The fourth-order valence-corrected chi connectivity index (χ4v) is 2.17. The summed E-state index contributed by atoms with van der Waals surface area (Å²) in [4.78, 5) is 7.90. The van der Waals surface area contributed by atoms with Crippen LogP contribution in [-0.2, 0) is 0 Å². The molecule has 5 nitrogen and oxygen atoms in total. The molecule has 0 aliphatic carbocycles. The van der Waals surface area contributed by atoms with Gasteiger partial charge in [-0.25, -0.2) is 9.37 Å². The first-order chi connectivity index (χ1) is 8.98. The van der Waals surface area contributed by atoms with Crippen molar-refractivity contribution in [1.29, 1.82) is 0 Å². The lowest BCUT2D eigenvalue weighted by atomic mass is 10.1. The van der Waals surface area contributed by atoms with Crippen LogP contribution in [0.15, 0.2) is 6.20 Å².